The third-order valence-electron chi connectivity index (χ3n) is 6.19. The van der Waals surface area contributed by atoms with Gasteiger partial charge in [-0.3, -0.25) is 4.79 Å². The molecule has 0 N–H and O–H groups in total. The molecule has 7 heteroatoms. The van der Waals surface area contributed by atoms with Crippen LogP contribution in [0.25, 0.3) is 12.2 Å². The molecule has 36 heavy (non-hydrogen) atoms. The van der Waals surface area contributed by atoms with Crippen molar-refractivity contribution >= 4 is 23.9 Å². The molecule has 3 aromatic rings. The van der Waals surface area contributed by atoms with Crippen molar-refractivity contribution in [3.63, 3.8) is 0 Å². The van der Waals surface area contributed by atoms with Gasteiger partial charge in [0.25, 0.3) is 5.91 Å². The summed E-state index contributed by atoms with van der Waals surface area (Å²) in [5.41, 5.74) is 3.29. The van der Waals surface area contributed by atoms with Crippen LogP contribution in [0.15, 0.2) is 52.9 Å². The highest BCUT2D eigenvalue weighted by Gasteiger charge is 2.26. The van der Waals surface area contributed by atoms with Crippen LogP contribution in [0.5, 0.6) is 5.75 Å². The molecule has 0 saturated carbocycles. The molecule has 1 aliphatic heterocycles. The van der Waals surface area contributed by atoms with Gasteiger partial charge >= 0.3 is 0 Å². The van der Waals surface area contributed by atoms with Crippen molar-refractivity contribution in [3.05, 3.63) is 76.8 Å². The number of amides is 1. The van der Waals surface area contributed by atoms with Gasteiger partial charge in [-0.05, 0) is 53.8 Å². The number of carbonyl (C=O) groups is 1. The first kappa shape index (κ1) is 25.1. The maximum atomic E-state index is 12.9. The van der Waals surface area contributed by atoms with Gasteiger partial charge in [-0.1, -0.05) is 45.0 Å². The number of aromatic nitrogens is 1. The highest BCUT2D eigenvalue weighted by Crippen LogP contribution is 2.26. The van der Waals surface area contributed by atoms with Gasteiger partial charge in [-0.15, -0.1) is 0 Å². The molecule has 4 rings (SSSR count). The summed E-state index contributed by atoms with van der Waals surface area (Å²) < 4.78 is 11.4. The van der Waals surface area contributed by atoms with Crippen LogP contribution in [0.2, 0.25) is 0 Å². The van der Waals surface area contributed by atoms with Crippen LogP contribution in [-0.2, 0) is 5.41 Å². The topological polar surface area (TPSA) is 82.6 Å². The predicted octanol–water partition coefficient (Wildman–Crippen LogP) is 5.38. The van der Waals surface area contributed by atoms with Gasteiger partial charge < -0.3 is 19.0 Å². The van der Waals surface area contributed by atoms with Gasteiger partial charge in [0, 0.05) is 37.8 Å². The van der Waals surface area contributed by atoms with Gasteiger partial charge in [-0.25, -0.2) is 0 Å². The van der Waals surface area contributed by atoms with Crippen LogP contribution in [0, 0.1) is 11.3 Å². The molecule has 7 nitrogen and oxygen atoms in total. The van der Waals surface area contributed by atoms with E-state index in [1.807, 2.05) is 34.9 Å². The number of nitrogens with zero attached hydrogens (tertiary/aromatic N) is 4. The minimum atomic E-state index is -0.0168. The second-order valence-electron chi connectivity index (χ2n) is 9.76. The van der Waals surface area contributed by atoms with Crippen LogP contribution < -0.4 is 9.64 Å². The van der Waals surface area contributed by atoms with Crippen LogP contribution in [0.4, 0.5) is 5.88 Å². The Hall–Kier alpha value is -4.05. The van der Waals surface area contributed by atoms with Crippen molar-refractivity contribution in [3.8, 4) is 11.8 Å². The summed E-state index contributed by atoms with van der Waals surface area (Å²) in [4.78, 5) is 21.0. The molecule has 186 valence electrons. The lowest BCUT2D eigenvalue weighted by Crippen LogP contribution is -2.48. The van der Waals surface area contributed by atoms with Crippen molar-refractivity contribution in [2.24, 2.45) is 0 Å². The molecular weight excluding hydrogens is 452 g/mol. The molecule has 2 aromatic carbocycles. The Morgan fingerprint density at radius 1 is 1.06 bits per heavy atom. The van der Waals surface area contributed by atoms with Crippen LogP contribution in [0.3, 0.4) is 0 Å². The van der Waals surface area contributed by atoms with Crippen LogP contribution in [0.1, 0.15) is 60.8 Å². The Morgan fingerprint density at radius 3 is 2.31 bits per heavy atom. The van der Waals surface area contributed by atoms with E-state index in [4.69, 9.17) is 9.15 Å². The third-order valence-corrected chi connectivity index (χ3v) is 6.19. The largest absolute Gasteiger partial charge is 0.494 e. The maximum absolute atomic E-state index is 12.9. The molecule has 1 amide bonds. The van der Waals surface area contributed by atoms with E-state index in [2.05, 4.69) is 56.1 Å². The molecule has 1 fully saturated rings. The zero-order chi connectivity index (χ0) is 25.7. The fourth-order valence-corrected chi connectivity index (χ4v) is 4.10. The fraction of sp³-hybridized carbons (Fsp3) is 0.345. The molecule has 1 aromatic heterocycles. The lowest BCUT2D eigenvalue weighted by Gasteiger charge is -2.34. The van der Waals surface area contributed by atoms with Gasteiger partial charge in [0.15, 0.2) is 0 Å². The van der Waals surface area contributed by atoms with E-state index in [-0.39, 0.29) is 17.0 Å². The number of hydrogen-bond acceptors (Lipinski definition) is 6. The number of rotatable bonds is 6. The summed E-state index contributed by atoms with van der Waals surface area (Å²) in [7, 11) is 0. The monoisotopic (exact) mass is 484 g/mol. The highest BCUT2D eigenvalue weighted by molar-refractivity contribution is 5.94. The maximum Gasteiger partial charge on any atom is 0.253 e. The molecule has 0 bridgehead atoms. The predicted molar refractivity (Wildman–Crippen MR) is 141 cm³/mol. The Balaban J connectivity index is 1.39. The van der Waals surface area contributed by atoms with Gasteiger partial charge in [-0.2, -0.15) is 10.2 Å². The summed E-state index contributed by atoms with van der Waals surface area (Å²) >= 11 is 0. The molecule has 0 atom stereocenters. The summed E-state index contributed by atoms with van der Waals surface area (Å²) in [6.07, 6.45) is 3.71. The van der Waals surface area contributed by atoms with Crippen molar-refractivity contribution in [2.75, 3.05) is 37.7 Å². The second-order valence-corrected chi connectivity index (χ2v) is 9.76. The first-order valence-electron chi connectivity index (χ1n) is 12.2. The summed E-state index contributed by atoms with van der Waals surface area (Å²) in [5.74, 6) is 1.57. The number of hydrogen-bond donors (Lipinski definition) is 0. The van der Waals surface area contributed by atoms with E-state index in [1.165, 1.54) is 5.56 Å². The number of carbonyl (C=O) groups excluding carboxylic acids is 1. The number of anilines is 1. The van der Waals surface area contributed by atoms with Gasteiger partial charge in [0.2, 0.25) is 17.5 Å². The van der Waals surface area contributed by atoms with Crippen LogP contribution in [-0.4, -0.2) is 48.6 Å². The van der Waals surface area contributed by atoms with Gasteiger partial charge in [0.05, 0.1) is 6.61 Å². The molecule has 0 aliphatic carbocycles. The molecule has 1 aliphatic rings. The van der Waals surface area contributed by atoms with Crippen molar-refractivity contribution in [2.45, 2.75) is 33.1 Å². The summed E-state index contributed by atoms with van der Waals surface area (Å²) in [5, 5.41) is 9.61. The quantitative estimate of drug-likeness (QED) is 0.467. The number of nitriles is 1. The summed E-state index contributed by atoms with van der Waals surface area (Å²) in [6, 6.07) is 17.7. The zero-order valence-electron chi connectivity index (χ0n) is 21.3. The Bertz CT molecular complexity index is 1250. The smallest absolute Gasteiger partial charge is 0.253 e. The van der Waals surface area contributed by atoms with E-state index < -0.39 is 0 Å². The number of oxazole rings is 1. The molecule has 2 heterocycles. The molecule has 1 saturated heterocycles. The Morgan fingerprint density at radius 2 is 1.72 bits per heavy atom. The van der Waals surface area contributed by atoms with E-state index in [0.29, 0.717) is 50.1 Å². The van der Waals surface area contributed by atoms with Crippen molar-refractivity contribution in [1.29, 1.82) is 5.26 Å². The average Bonchev–Trinajstić information content (AvgIpc) is 3.31. The van der Waals surface area contributed by atoms with Crippen molar-refractivity contribution < 1.29 is 13.9 Å². The number of piperazine rings is 1. The number of ether oxygens (including phenoxy) is 1. The first-order valence-corrected chi connectivity index (χ1v) is 12.2. The minimum Gasteiger partial charge on any atom is -0.494 e. The highest BCUT2D eigenvalue weighted by atomic mass is 16.5. The second kappa shape index (κ2) is 10.7. The van der Waals surface area contributed by atoms with E-state index in [1.54, 1.807) is 18.2 Å². The number of benzene rings is 2. The molecule has 0 unspecified atom stereocenters. The third kappa shape index (κ3) is 5.77. The zero-order valence-corrected chi connectivity index (χ0v) is 21.3. The minimum absolute atomic E-state index is 0.0168. The molecular formula is C29H32N4O3. The lowest BCUT2D eigenvalue weighted by molar-refractivity contribution is 0.0745. The van der Waals surface area contributed by atoms with E-state index in [0.717, 1.165) is 11.3 Å². The lowest BCUT2D eigenvalue weighted by atomic mass is 9.87. The van der Waals surface area contributed by atoms with E-state index >= 15 is 0 Å². The summed E-state index contributed by atoms with van der Waals surface area (Å²) in [6.45, 7) is 11.3. The molecule has 0 spiro atoms. The fourth-order valence-electron chi connectivity index (χ4n) is 4.10. The van der Waals surface area contributed by atoms with E-state index in [9.17, 15) is 10.1 Å². The SMILES string of the molecule is CCOc1ccc(C(=O)N2CCN(c3oc(/C=C/c4ccc(C(C)(C)C)cc4)nc3C#N)CC2)cc1. The Kier molecular flexibility index (Phi) is 7.44. The first-order chi connectivity index (χ1) is 17.3. The average molecular weight is 485 g/mol. The van der Waals surface area contributed by atoms with Gasteiger partial charge in [0.1, 0.15) is 11.8 Å². The normalized spacial score (nSPS) is 14.2. The van der Waals surface area contributed by atoms with Crippen LogP contribution >= 0.6 is 0 Å². The Labute approximate surface area is 212 Å². The van der Waals surface area contributed by atoms with Crippen molar-refractivity contribution in [1.82, 2.24) is 9.88 Å². The standard InChI is InChI=1S/C29H32N4O3/c1-5-35-24-13-9-22(10-14-24)27(34)32-16-18-33(19-17-32)28-25(20-30)31-26(36-28)15-8-21-6-11-23(12-7-21)29(2,3)4/h6-15H,5,16-19H2,1-4H3/b15-8+. The molecule has 0 radical (unpaired) electrons.